The van der Waals surface area contributed by atoms with E-state index in [0.29, 0.717) is 0 Å². The minimum atomic E-state index is 0.948. The van der Waals surface area contributed by atoms with E-state index in [2.05, 4.69) is 101 Å². The maximum absolute atomic E-state index is 5.15. The van der Waals surface area contributed by atoms with Crippen molar-refractivity contribution in [1.82, 2.24) is 15.0 Å². The average Bonchev–Trinajstić information content (AvgIpc) is 3.19. The number of rotatable bonds is 2. The lowest BCUT2D eigenvalue weighted by Gasteiger charge is -2.18. The summed E-state index contributed by atoms with van der Waals surface area (Å²) in [6.07, 6.45) is 9.00. The van der Waals surface area contributed by atoms with Crippen molar-refractivity contribution in [3.8, 4) is 33.5 Å². The maximum atomic E-state index is 5.15. The minimum absolute atomic E-state index is 0.948. The quantitative estimate of drug-likeness (QED) is 0.223. The Morgan fingerprint density at radius 2 is 1.38 bits per heavy atom. The summed E-state index contributed by atoms with van der Waals surface area (Å²) in [5, 5.41) is 4.62. The summed E-state index contributed by atoms with van der Waals surface area (Å²) in [5.41, 5.74) is 12.0. The molecule has 0 fully saturated rings. The lowest BCUT2D eigenvalue weighted by molar-refractivity contribution is 0.835. The Morgan fingerprint density at radius 3 is 2.36 bits per heavy atom. The van der Waals surface area contributed by atoms with Crippen LogP contribution in [0.15, 0.2) is 116 Å². The lowest BCUT2D eigenvalue weighted by Crippen LogP contribution is -1.95. The molecule has 0 aliphatic heterocycles. The van der Waals surface area contributed by atoms with E-state index in [4.69, 9.17) is 4.98 Å². The number of hydrogen-bond acceptors (Lipinski definition) is 3. The fraction of sp³-hybridized carbons (Fsp3) is 0.0833. The predicted molar refractivity (Wildman–Crippen MR) is 161 cm³/mol. The molecular formula is C36H25N3. The highest BCUT2D eigenvalue weighted by Crippen LogP contribution is 2.43. The van der Waals surface area contributed by atoms with Crippen LogP contribution < -0.4 is 0 Å². The van der Waals surface area contributed by atoms with Gasteiger partial charge in [0.05, 0.1) is 16.7 Å². The summed E-state index contributed by atoms with van der Waals surface area (Å²) in [5.74, 6) is 0. The van der Waals surface area contributed by atoms with E-state index in [1.807, 2.05) is 24.7 Å². The number of fused-ring (bicyclic) bond motifs is 7. The van der Waals surface area contributed by atoms with Crippen molar-refractivity contribution in [3.63, 3.8) is 0 Å². The van der Waals surface area contributed by atoms with E-state index in [1.54, 1.807) is 0 Å². The summed E-state index contributed by atoms with van der Waals surface area (Å²) >= 11 is 0. The molecule has 8 rings (SSSR count). The molecular weight excluding hydrogens is 474 g/mol. The van der Waals surface area contributed by atoms with E-state index in [0.717, 1.165) is 52.3 Å². The van der Waals surface area contributed by atoms with Crippen LogP contribution in [0, 0.1) is 0 Å². The monoisotopic (exact) mass is 499 g/mol. The molecule has 3 nitrogen and oxygen atoms in total. The first-order valence-corrected chi connectivity index (χ1v) is 13.6. The largest absolute Gasteiger partial charge is 0.264 e. The fourth-order valence-electron chi connectivity index (χ4n) is 6.24. The number of aryl methyl sites for hydroxylation is 2. The van der Waals surface area contributed by atoms with Gasteiger partial charge in [0.25, 0.3) is 0 Å². The molecule has 0 radical (unpaired) electrons. The van der Waals surface area contributed by atoms with Crippen molar-refractivity contribution >= 4 is 32.6 Å². The molecule has 3 heterocycles. The number of pyridine rings is 3. The molecule has 3 aromatic heterocycles. The van der Waals surface area contributed by atoms with E-state index in [9.17, 15) is 0 Å². The maximum Gasteiger partial charge on any atom is 0.0972 e. The second-order valence-electron chi connectivity index (χ2n) is 10.4. The summed E-state index contributed by atoms with van der Waals surface area (Å²) < 4.78 is 0. The molecule has 0 N–H and O–H groups in total. The highest BCUT2D eigenvalue weighted by molar-refractivity contribution is 6.04. The van der Waals surface area contributed by atoms with Crippen LogP contribution in [0.2, 0.25) is 0 Å². The van der Waals surface area contributed by atoms with Crippen LogP contribution in [0.5, 0.6) is 0 Å². The van der Waals surface area contributed by atoms with Gasteiger partial charge in [0.2, 0.25) is 0 Å². The van der Waals surface area contributed by atoms with Crippen molar-refractivity contribution in [3.05, 3.63) is 127 Å². The van der Waals surface area contributed by atoms with Crippen LogP contribution in [0.1, 0.15) is 17.5 Å². The minimum Gasteiger partial charge on any atom is -0.264 e. The zero-order valence-electron chi connectivity index (χ0n) is 21.4. The third kappa shape index (κ3) is 3.62. The molecule has 0 saturated carbocycles. The Morgan fingerprint density at radius 1 is 0.564 bits per heavy atom. The summed E-state index contributed by atoms with van der Waals surface area (Å²) in [4.78, 5) is 14.3. The third-order valence-electron chi connectivity index (χ3n) is 8.12. The second-order valence-corrected chi connectivity index (χ2v) is 10.4. The number of aromatic nitrogens is 3. The molecule has 0 bridgehead atoms. The Kier molecular flexibility index (Phi) is 5.02. The molecule has 4 aromatic carbocycles. The lowest BCUT2D eigenvalue weighted by atomic mass is 9.86. The van der Waals surface area contributed by atoms with Gasteiger partial charge in [-0.2, -0.15) is 0 Å². The predicted octanol–water partition coefficient (Wildman–Crippen LogP) is 8.82. The first-order chi connectivity index (χ1) is 19.3. The van der Waals surface area contributed by atoms with Gasteiger partial charge in [-0.25, -0.2) is 4.98 Å². The standard InChI is InChI=1S/C36H25N3/c1-5-23-12-15-28(33-17-16-27-14-13-26-9-4-19-38-35(26)36(27)39-33)21-31(23)34-25(7-1)8-3-11-30(34)29-10-2-6-24-18-20-37-22-32(24)29/h2-4,6,8-22H,1,5,7H2. The Labute approximate surface area is 226 Å². The Balaban J connectivity index is 1.36. The zero-order valence-corrected chi connectivity index (χ0v) is 21.4. The number of hydrogen-bond donors (Lipinski definition) is 0. The second kappa shape index (κ2) is 8.85. The molecule has 0 saturated heterocycles. The summed E-state index contributed by atoms with van der Waals surface area (Å²) in [7, 11) is 0. The molecule has 0 spiro atoms. The van der Waals surface area contributed by atoms with Gasteiger partial charge < -0.3 is 0 Å². The Bertz CT molecular complexity index is 2050. The van der Waals surface area contributed by atoms with Crippen molar-refractivity contribution < 1.29 is 0 Å². The van der Waals surface area contributed by atoms with Crippen LogP contribution in [0.3, 0.4) is 0 Å². The SMILES string of the molecule is c1cc2c(c(-c3cccc4ccncc34)c1)-c1cc(-c3ccc4ccc5cccnc5c4n3)ccc1CCC2. The van der Waals surface area contributed by atoms with E-state index in [1.165, 1.54) is 44.2 Å². The van der Waals surface area contributed by atoms with E-state index in [-0.39, 0.29) is 0 Å². The van der Waals surface area contributed by atoms with Gasteiger partial charge in [-0.05, 0) is 82.3 Å². The molecule has 3 heteroatoms. The topological polar surface area (TPSA) is 38.7 Å². The molecule has 0 unspecified atom stereocenters. The van der Waals surface area contributed by atoms with E-state index < -0.39 is 0 Å². The smallest absolute Gasteiger partial charge is 0.0972 e. The van der Waals surface area contributed by atoms with Crippen molar-refractivity contribution in [1.29, 1.82) is 0 Å². The first kappa shape index (κ1) is 22.1. The zero-order chi connectivity index (χ0) is 25.8. The first-order valence-electron chi connectivity index (χ1n) is 13.6. The van der Waals surface area contributed by atoms with Crippen LogP contribution in [-0.4, -0.2) is 15.0 Å². The fourth-order valence-corrected chi connectivity index (χ4v) is 6.24. The highest BCUT2D eigenvalue weighted by atomic mass is 14.7. The van der Waals surface area contributed by atoms with Gasteiger partial charge in [-0.3, -0.25) is 9.97 Å². The van der Waals surface area contributed by atoms with Gasteiger partial charge in [0.15, 0.2) is 0 Å². The van der Waals surface area contributed by atoms with Gasteiger partial charge in [0.1, 0.15) is 0 Å². The molecule has 184 valence electrons. The van der Waals surface area contributed by atoms with Crippen molar-refractivity contribution in [2.24, 2.45) is 0 Å². The van der Waals surface area contributed by atoms with Gasteiger partial charge >= 0.3 is 0 Å². The number of nitrogens with zero attached hydrogens (tertiary/aromatic N) is 3. The molecule has 0 atom stereocenters. The molecule has 39 heavy (non-hydrogen) atoms. The van der Waals surface area contributed by atoms with Gasteiger partial charge in [-0.1, -0.05) is 72.8 Å². The molecule has 0 amide bonds. The van der Waals surface area contributed by atoms with Crippen LogP contribution in [0.4, 0.5) is 0 Å². The van der Waals surface area contributed by atoms with Gasteiger partial charge in [0, 0.05) is 40.3 Å². The van der Waals surface area contributed by atoms with Crippen LogP contribution in [-0.2, 0) is 12.8 Å². The summed E-state index contributed by atoms with van der Waals surface area (Å²) in [6.45, 7) is 0. The van der Waals surface area contributed by atoms with Gasteiger partial charge in [-0.15, -0.1) is 0 Å². The third-order valence-corrected chi connectivity index (χ3v) is 8.12. The number of benzene rings is 4. The molecule has 7 aromatic rings. The Hall–Kier alpha value is -4.89. The van der Waals surface area contributed by atoms with Crippen molar-refractivity contribution in [2.75, 3.05) is 0 Å². The normalized spacial score (nSPS) is 12.8. The van der Waals surface area contributed by atoms with E-state index >= 15 is 0 Å². The van der Waals surface area contributed by atoms with Crippen molar-refractivity contribution in [2.45, 2.75) is 19.3 Å². The van der Waals surface area contributed by atoms with Crippen LogP contribution >= 0.6 is 0 Å². The molecule has 1 aliphatic rings. The molecule has 1 aliphatic carbocycles. The average molecular weight is 500 g/mol. The summed E-state index contributed by atoms with van der Waals surface area (Å²) in [6, 6.07) is 35.0. The van der Waals surface area contributed by atoms with Crippen LogP contribution in [0.25, 0.3) is 66.1 Å². The highest BCUT2D eigenvalue weighted by Gasteiger charge is 2.20.